The Kier molecular flexibility index (Phi) is 11.1. The molecule has 0 unspecified atom stereocenters. The van der Waals surface area contributed by atoms with Crippen LogP contribution in [0.15, 0.2) is 98.9 Å². The van der Waals surface area contributed by atoms with E-state index in [1.54, 1.807) is 6.92 Å². The number of allylic oxidation sites excluding steroid dienone is 5. The highest BCUT2D eigenvalue weighted by atomic mass is 35.5. The van der Waals surface area contributed by atoms with E-state index in [2.05, 4.69) is 129 Å². The predicted molar refractivity (Wildman–Crippen MR) is 212 cm³/mol. The van der Waals surface area contributed by atoms with Crippen molar-refractivity contribution in [2.45, 2.75) is 104 Å². The van der Waals surface area contributed by atoms with Gasteiger partial charge in [-0.15, -0.1) is 0 Å². The van der Waals surface area contributed by atoms with Crippen LogP contribution >= 0.6 is 11.6 Å². The highest BCUT2D eigenvalue weighted by molar-refractivity contribution is 6.32. The molecule has 4 aliphatic rings. The van der Waals surface area contributed by atoms with E-state index in [1.807, 2.05) is 0 Å². The molecule has 0 fully saturated rings. The van der Waals surface area contributed by atoms with Gasteiger partial charge < -0.3 is 9.69 Å². The number of ketones is 1. The Morgan fingerprint density at radius 3 is 2.57 bits per heavy atom. The Bertz CT molecular complexity index is 2010. The second-order valence-corrected chi connectivity index (χ2v) is 16.1. The Morgan fingerprint density at radius 2 is 1.78 bits per heavy atom. The maximum atomic E-state index is 11.3. The van der Waals surface area contributed by atoms with Crippen LogP contribution in [0.4, 0.5) is 11.5 Å². The van der Waals surface area contributed by atoms with Gasteiger partial charge in [0.2, 0.25) is 0 Å². The highest BCUT2D eigenvalue weighted by Crippen LogP contribution is 2.39. The number of fused-ring (bicyclic) bond motifs is 4. The molecule has 51 heavy (non-hydrogen) atoms. The number of anilines is 1. The van der Waals surface area contributed by atoms with Crippen LogP contribution in [0.25, 0.3) is 6.08 Å². The largest absolute Gasteiger partial charge is 0.347 e. The number of Topliss-reactive ketones (excluding diaryl/α,β-unsaturated/α-hetero) is 1. The maximum absolute atomic E-state index is 11.3. The lowest BCUT2D eigenvalue weighted by Gasteiger charge is -2.26. The number of rotatable bonds is 13. The number of aromatic nitrogens is 1. The number of hydrogen-bond donors (Lipinski definition) is 0. The van der Waals surface area contributed by atoms with Gasteiger partial charge in [0.25, 0.3) is 0 Å². The van der Waals surface area contributed by atoms with Crippen LogP contribution in [0.2, 0.25) is 0 Å². The van der Waals surface area contributed by atoms with Gasteiger partial charge in [-0.3, -0.25) is 9.89 Å². The number of pyridine rings is 1. The molecule has 0 saturated heterocycles. The number of nitrogens with zero attached hydrogens (tertiary/aromatic N) is 5. The van der Waals surface area contributed by atoms with Crippen molar-refractivity contribution in [2.24, 2.45) is 9.98 Å². The van der Waals surface area contributed by atoms with Gasteiger partial charge in [0.15, 0.2) is 5.71 Å². The molecule has 0 spiro atoms. The first-order valence-corrected chi connectivity index (χ1v) is 19.3. The summed E-state index contributed by atoms with van der Waals surface area (Å²) < 4.78 is 2.27. The number of unbranched alkanes of at least 4 members (excludes halogenated alkanes) is 4. The zero-order chi connectivity index (χ0) is 36.3. The average molecular weight is 705 g/mol. The van der Waals surface area contributed by atoms with Crippen molar-refractivity contribution in [3.63, 3.8) is 0 Å². The van der Waals surface area contributed by atoms with Crippen molar-refractivity contribution in [3.8, 4) is 0 Å². The van der Waals surface area contributed by atoms with E-state index in [0.29, 0.717) is 6.42 Å². The summed E-state index contributed by atoms with van der Waals surface area (Å²) in [6, 6.07) is 8.88. The van der Waals surface area contributed by atoms with Crippen LogP contribution in [0.5, 0.6) is 0 Å². The van der Waals surface area contributed by atoms with Crippen molar-refractivity contribution < 1.29 is 9.36 Å². The molecule has 6 rings (SSSR count). The first-order chi connectivity index (χ1) is 24.4. The molecular weight excluding hydrogens is 650 g/mol. The summed E-state index contributed by atoms with van der Waals surface area (Å²) >= 11 is 7.19. The van der Waals surface area contributed by atoms with Gasteiger partial charge in [-0.2, -0.15) is 0 Å². The summed E-state index contributed by atoms with van der Waals surface area (Å²) in [6.45, 7) is 16.4. The van der Waals surface area contributed by atoms with Crippen LogP contribution in [0, 0.1) is 0 Å². The van der Waals surface area contributed by atoms with E-state index in [1.165, 1.54) is 41.3 Å². The fraction of sp³-hybridized carbons (Fsp3) is 0.455. The Balaban J connectivity index is 1.25. The topological polar surface area (TPSA) is 52.1 Å². The standard InChI is InChI=1S/C44H55ClN5O/c1-8-9-12-25-49-27-14-17-34-37(49)22-21-35-41(34)46-38(43(35,3)4)23-19-32-29-48(7)30-33(40(32)45)20-24-39-44(5,6)36-18-15-28-50(42(36)47-39)26-13-10-11-16-31(2)51/h14-15,17-24,27-28H,8-13,16,25-26,29-30H2,1-7H3/q+1. The maximum Gasteiger partial charge on any atom is 0.327 e. The van der Waals surface area contributed by atoms with Gasteiger partial charge in [-0.25, -0.2) is 4.57 Å². The number of likely N-dealkylation sites (N-methyl/N-ethyl adjacent to an activating group) is 1. The summed E-state index contributed by atoms with van der Waals surface area (Å²) in [5, 5.41) is 3.12. The minimum Gasteiger partial charge on any atom is -0.347 e. The van der Waals surface area contributed by atoms with Gasteiger partial charge in [0, 0.05) is 47.9 Å². The van der Waals surface area contributed by atoms with E-state index in [0.717, 1.165) is 84.2 Å². The number of benzene rings is 1. The molecule has 1 aromatic heterocycles. The molecule has 1 aromatic carbocycles. The smallest absolute Gasteiger partial charge is 0.327 e. The molecule has 268 valence electrons. The quantitative estimate of drug-likeness (QED) is 0.156. The van der Waals surface area contributed by atoms with Gasteiger partial charge in [-0.05, 0) is 118 Å². The van der Waals surface area contributed by atoms with E-state index in [9.17, 15) is 4.79 Å². The molecule has 6 nitrogen and oxygen atoms in total. The third-order valence-electron chi connectivity index (χ3n) is 10.9. The van der Waals surface area contributed by atoms with E-state index < -0.39 is 0 Å². The first kappa shape index (κ1) is 36.9. The van der Waals surface area contributed by atoms with Gasteiger partial charge >= 0.3 is 5.82 Å². The zero-order valence-corrected chi connectivity index (χ0v) is 32.5. The number of hydrogen-bond acceptors (Lipinski definition) is 5. The molecule has 0 aliphatic carbocycles. The second-order valence-electron chi connectivity index (χ2n) is 15.7. The summed E-state index contributed by atoms with van der Waals surface area (Å²) in [5.41, 5.74) is 7.60. The van der Waals surface area contributed by atoms with Crippen molar-refractivity contribution >= 4 is 40.7 Å². The van der Waals surface area contributed by atoms with Crippen molar-refractivity contribution in [2.75, 3.05) is 31.6 Å². The van der Waals surface area contributed by atoms with Crippen LogP contribution in [-0.2, 0) is 22.2 Å². The second kappa shape index (κ2) is 15.4. The fourth-order valence-corrected chi connectivity index (χ4v) is 7.98. The molecule has 2 aromatic rings. The molecule has 0 atom stereocenters. The molecular formula is C44H55ClN5O+. The molecule has 5 heterocycles. The van der Waals surface area contributed by atoms with Gasteiger partial charge in [0.05, 0.1) is 40.5 Å². The van der Waals surface area contributed by atoms with E-state index in [-0.39, 0.29) is 16.6 Å². The molecule has 4 aliphatic heterocycles. The Morgan fingerprint density at radius 1 is 0.961 bits per heavy atom. The normalized spacial score (nSPS) is 20.5. The molecule has 0 N–H and O–H groups in total. The summed E-state index contributed by atoms with van der Waals surface area (Å²) in [6.07, 6.45) is 24.7. The number of aryl methyl sites for hydroxylation is 1. The zero-order valence-electron chi connectivity index (χ0n) is 31.7. The SMILES string of the molecule is CCCCCN1C=CC=c2c1ccc1c2=NC(=CC=C2CN(C)CC(C=CC3=Nc4c(ccc[n+]4CCCCCC(C)=O)C3(C)C)=C2Cl)C1(C)C. The number of halogens is 1. The monoisotopic (exact) mass is 704 g/mol. The van der Waals surface area contributed by atoms with Crippen molar-refractivity contribution in [1.82, 2.24) is 4.90 Å². The third-order valence-corrected chi connectivity index (χ3v) is 11.4. The average Bonchev–Trinajstić information content (AvgIpc) is 3.51. The minimum absolute atomic E-state index is 0.213. The fourth-order valence-electron chi connectivity index (χ4n) is 7.73. The van der Waals surface area contributed by atoms with Gasteiger partial charge in [0.1, 0.15) is 5.78 Å². The third kappa shape index (κ3) is 7.68. The van der Waals surface area contributed by atoms with E-state index in [4.69, 9.17) is 21.6 Å². The number of aliphatic imine (C=N–C) groups is 1. The molecule has 0 saturated carbocycles. The predicted octanol–water partition coefficient (Wildman–Crippen LogP) is 8.21. The molecule has 0 radical (unpaired) electrons. The molecule has 0 bridgehead atoms. The lowest BCUT2D eigenvalue weighted by molar-refractivity contribution is -0.684. The number of carbonyl (C=O) groups excluding carboxylic acids is 1. The summed E-state index contributed by atoms with van der Waals surface area (Å²) in [4.78, 5) is 26.5. The number of carbonyl (C=O) groups is 1. The summed E-state index contributed by atoms with van der Waals surface area (Å²) in [7, 11) is 2.14. The van der Waals surface area contributed by atoms with Crippen molar-refractivity contribution in [3.05, 3.63) is 111 Å². The van der Waals surface area contributed by atoms with Crippen LogP contribution < -0.4 is 20.0 Å². The summed E-state index contributed by atoms with van der Waals surface area (Å²) in [5.74, 6) is 1.30. The molecule has 7 heteroatoms. The molecule has 0 amide bonds. The van der Waals surface area contributed by atoms with E-state index >= 15 is 0 Å². The minimum atomic E-state index is -0.219. The van der Waals surface area contributed by atoms with Crippen LogP contribution in [0.1, 0.15) is 97.6 Å². The van der Waals surface area contributed by atoms with Crippen LogP contribution in [0.3, 0.4) is 0 Å². The Hall–Kier alpha value is -3.87. The van der Waals surface area contributed by atoms with Gasteiger partial charge in [-0.1, -0.05) is 63.4 Å². The highest BCUT2D eigenvalue weighted by Gasteiger charge is 2.42. The van der Waals surface area contributed by atoms with Crippen LogP contribution in [-0.4, -0.2) is 43.1 Å². The Labute approximate surface area is 310 Å². The van der Waals surface area contributed by atoms with Crippen molar-refractivity contribution in [1.29, 1.82) is 0 Å². The lowest BCUT2D eigenvalue weighted by Crippen LogP contribution is -2.37. The lowest BCUT2D eigenvalue weighted by atomic mass is 9.82. The first-order valence-electron chi connectivity index (χ1n) is 18.9.